The number of piperazine rings is 1. The molecule has 2 bridgehead atoms. The lowest BCUT2D eigenvalue weighted by molar-refractivity contribution is -0.131. The number of halogens is 1. The summed E-state index contributed by atoms with van der Waals surface area (Å²) in [6.07, 6.45) is 5.06. The van der Waals surface area contributed by atoms with Crippen molar-refractivity contribution in [2.24, 2.45) is 5.92 Å². The summed E-state index contributed by atoms with van der Waals surface area (Å²) < 4.78 is 1.63. The Kier molecular flexibility index (Phi) is 6.45. The number of hydrogen-bond donors (Lipinski definition) is 1. The molecule has 4 atom stereocenters. The molecule has 2 aromatic heterocycles. The summed E-state index contributed by atoms with van der Waals surface area (Å²) in [5.74, 6) is 0.974. The standard InChI is InChI=1S/C22H28N8O2.ClH/c1-14-4-7-28(19(31)3-6-23)12-18(14)27(2)20-17-5-8-29(21(17)26-13-25-20)22(32)30-11-15-9-16(30)10-24-15;/h5,8,13-16,18,24H,3-4,7,9-12H2,1-2H3;1H/t14-,15+,16+,18+;/m1./s1. The molecule has 5 heterocycles. The summed E-state index contributed by atoms with van der Waals surface area (Å²) in [6, 6.07) is 4.51. The number of carbonyl (C=O) groups excluding carboxylic acids is 2. The van der Waals surface area contributed by atoms with Crippen LogP contribution in [0.2, 0.25) is 0 Å². The Balaban J connectivity index is 0.00000259. The Hall–Kier alpha value is -2.90. The van der Waals surface area contributed by atoms with Crippen molar-refractivity contribution in [2.45, 2.75) is 44.3 Å². The van der Waals surface area contributed by atoms with Gasteiger partial charge in [0, 0.05) is 51.5 Å². The van der Waals surface area contributed by atoms with E-state index in [0.29, 0.717) is 30.7 Å². The van der Waals surface area contributed by atoms with Crippen molar-refractivity contribution in [3.05, 3.63) is 18.6 Å². The SMILES string of the molecule is C[C@@H]1CCN(C(=O)CC#N)C[C@@H]1N(C)c1ncnc2c1ccn2C(=O)N1C[C@@H]2C[C@H]1CN2.Cl. The molecule has 2 aromatic rings. The average Bonchev–Trinajstić information content (AvgIpc) is 3.54. The minimum absolute atomic E-state index is 0. The maximum Gasteiger partial charge on any atom is 0.330 e. The van der Waals surface area contributed by atoms with Gasteiger partial charge in [0.05, 0.1) is 17.5 Å². The quantitative estimate of drug-likeness (QED) is 0.719. The first-order valence-corrected chi connectivity index (χ1v) is 11.2. The molecule has 11 heteroatoms. The highest BCUT2D eigenvalue weighted by atomic mass is 35.5. The second-order valence-corrected chi connectivity index (χ2v) is 9.17. The van der Waals surface area contributed by atoms with Crippen LogP contribution in [0.5, 0.6) is 0 Å². The van der Waals surface area contributed by atoms with Crippen molar-refractivity contribution in [1.29, 1.82) is 5.26 Å². The normalized spacial score (nSPS) is 26.2. The molecule has 33 heavy (non-hydrogen) atoms. The molecule has 0 spiro atoms. The van der Waals surface area contributed by atoms with Gasteiger partial charge in [-0.05, 0) is 24.8 Å². The number of hydrogen-bond acceptors (Lipinski definition) is 7. The van der Waals surface area contributed by atoms with Crippen molar-refractivity contribution < 1.29 is 9.59 Å². The van der Waals surface area contributed by atoms with E-state index < -0.39 is 0 Å². The molecule has 0 aromatic carbocycles. The number of carbonyl (C=O) groups is 2. The average molecular weight is 473 g/mol. The van der Waals surface area contributed by atoms with Crippen LogP contribution in [0, 0.1) is 17.2 Å². The van der Waals surface area contributed by atoms with E-state index in [-0.39, 0.29) is 42.8 Å². The van der Waals surface area contributed by atoms with Crippen molar-refractivity contribution >= 4 is 41.2 Å². The Morgan fingerprint density at radius 2 is 2.15 bits per heavy atom. The van der Waals surface area contributed by atoms with Crippen LogP contribution < -0.4 is 10.2 Å². The van der Waals surface area contributed by atoms with Crippen LogP contribution in [0.3, 0.4) is 0 Å². The van der Waals surface area contributed by atoms with Gasteiger partial charge in [-0.1, -0.05) is 6.92 Å². The Morgan fingerprint density at radius 1 is 1.33 bits per heavy atom. The molecule has 0 aliphatic carbocycles. The van der Waals surface area contributed by atoms with Crippen LogP contribution >= 0.6 is 12.4 Å². The van der Waals surface area contributed by atoms with Crippen LogP contribution in [0.1, 0.15) is 26.2 Å². The van der Waals surface area contributed by atoms with Gasteiger partial charge in [-0.15, -0.1) is 12.4 Å². The van der Waals surface area contributed by atoms with E-state index in [9.17, 15) is 9.59 Å². The third-order valence-electron chi connectivity index (χ3n) is 7.30. The highest BCUT2D eigenvalue weighted by molar-refractivity contribution is 5.95. The number of anilines is 1. The van der Waals surface area contributed by atoms with Gasteiger partial charge in [0.25, 0.3) is 0 Å². The third kappa shape index (κ3) is 4.00. The van der Waals surface area contributed by atoms with E-state index >= 15 is 0 Å². The fourth-order valence-corrected chi connectivity index (χ4v) is 5.42. The van der Waals surface area contributed by atoms with Gasteiger partial charge < -0.3 is 20.0 Å². The van der Waals surface area contributed by atoms with Gasteiger partial charge in [-0.2, -0.15) is 5.26 Å². The molecule has 0 saturated carbocycles. The largest absolute Gasteiger partial charge is 0.354 e. The van der Waals surface area contributed by atoms with E-state index in [1.54, 1.807) is 15.7 Å². The van der Waals surface area contributed by atoms with Crippen LogP contribution in [-0.4, -0.2) is 87.6 Å². The van der Waals surface area contributed by atoms with E-state index in [2.05, 4.69) is 27.1 Å². The lowest BCUT2D eigenvalue weighted by Crippen LogP contribution is -2.52. The van der Waals surface area contributed by atoms with Gasteiger partial charge in [0.15, 0.2) is 5.65 Å². The molecule has 176 valence electrons. The van der Waals surface area contributed by atoms with Crippen molar-refractivity contribution in [3.8, 4) is 6.07 Å². The van der Waals surface area contributed by atoms with Crippen LogP contribution in [-0.2, 0) is 4.79 Å². The molecule has 5 rings (SSSR count). The summed E-state index contributed by atoms with van der Waals surface area (Å²) in [6.45, 7) is 4.97. The van der Waals surface area contributed by atoms with Crippen LogP contribution in [0.4, 0.5) is 10.6 Å². The van der Waals surface area contributed by atoms with Gasteiger partial charge in [-0.25, -0.2) is 14.8 Å². The molecular formula is C22H29ClN8O2. The number of fused-ring (bicyclic) bond motifs is 3. The Bertz CT molecular complexity index is 1100. The lowest BCUT2D eigenvalue weighted by Gasteiger charge is -2.42. The summed E-state index contributed by atoms with van der Waals surface area (Å²) in [7, 11) is 1.98. The first-order valence-electron chi connectivity index (χ1n) is 11.2. The fourth-order valence-electron chi connectivity index (χ4n) is 5.42. The lowest BCUT2D eigenvalue weighted by atomic mass is 9.92. The summed E-state index contributed by atoms with van der Waals surface area (Å²) in [5.41, 5.74) is 0.600. The molecule has 3 fully saturated rings. The van der Waals surface area contributed by atoms with E-state index in [0.717, 1.165) is 37.1 Å². The summed E-state index contributed by atoms with van der Waals surface area (Å²) in [4.78, 5) is 40.3. The highest BCUT2D eigenvalue weighted by Gasteiger charge is 2.41. The molecule has 3 aliphatic rings. The number of rotatable bonds is 3. The molecule has 0 unspecified atom stereocenters. The van der Waals surface area contributed by atoms with Crippen molar-refractivity contribution in [1.82, 2.24) is 29.7 Å². The first kappa shape index (κ1) is 23.3. The number of likely N-dealkylation sites (tertiary alicyclic amines) is 2. The zero-order valence-corrected chi connectivity index (χ0v) is 19.7. The highest BCUT2D eigenvalue weighted by Crippen LogP contribution is 2.31. The van der Waals surface area contributed by atoms with Gasteiger partial charge in [0.2, 0.25) is 5.91 Å². The molecule has 1 N–H and O–H groups in total. The zero-order valence-electron chi connectivity index (χ0n) is 18.8. The minimum Gasteiger partial charge on any atom is -0.354 e. The molecule has 10 nitrogen and oxygen atoms in total. The zero-order chi connectivity index (χ0) is 22.4. The van der Waals surface area contributed by atoms with Gasteiger partial charge in [0.1, 0.15) is 18.6 Å². The second-order valence-electron chi connectivity index (χ2n) is 9.17. The molecule has 3 aliphatic heterocycles. The number of aromatic nitrogens is 3. The van der Waals surface area contributed by atoms with Crippen LogP contribution in [0.25, 0.3) is 11.0 Å². The number of likely N-dealkylation sites (N-methyl/N-ethyl adjacent to an activating group) is 1. The number of nitrogens with zero attached hydrogens (tertiary/aromatic N) is 7. The minimum atomic E-state index is -0.128. The monoisotopic (exact) mass is 472 g/mol. The maximum absolute atomic E-state index is 13.2. The van der Waals surface area contributed by atoms with Gasteiger partial charge in [-0.3, -0.25) is 9.36 Å². The predicted molar refractivity (Wildman–Crippen MR) is 125 cm³/mol. The van der Waals surface area contributed by atoms with Crippen molar-refractivity contribution in [3.63, 3.8) is 0 Å². The maximum atomic E-state index is 13.2. The van der Waals surface area contributed by atoms with Crippen LogP contribution in [0.15, 0.2) is 18.6 Å². The molecular weight excluding hydrogens is 444 g/mol. The topological polar surface area (TPSA) is 110 Å². The summed E-state index contributed by atoms with van der Waals surface area (Å²) >= 11 is 0. The number of nitriles is 1. The van der Waals surface area contributed by atoms with E-state index in [4.69, 9.17) is 5.26 Å². The fraction of sp³-hybridized carbons (Fsp3) is 0.591. The second kappa shape index (κ2) is 9.15. The van der Waals surface area contributed by atoms with Crippen molar-refractivity contribution in [2.75, 3.05) is 38.1 Å². The van der Waals surface area contributed by atoms with E-state index in [1.807, 2.05) is 24.1 Å². The number of nitrogens with one attached hydrogen (secondary N) is 1. The predicted octanol–water partition coefficient (Wildman–Crippen LogP) is 1.45. The summed E-state index contributed by atoms with van der Waals surface area (Å²) in [5, 5.41) is 13.1. The number of amides is 2. The molecule has 3 saturated heterocycles. The Labute approximate surface area is 198 Å². The number of piperidine rings is 1. The Morgan fingerprint density at radius 3 is 2.85 bits per heavy atom. The molecule has 2 amide bonds. The molecule has 0 radical (unpaired) electrons. The smallest absolute Gasteiger partial charge is 0.330 e. The van der Waals surface area contributed by atoms with E-state index in [1.165, 1.54) is 6.33 Å². The third-order valence-corrected chi connectivity index (χ3v) is 7.30. The first-order chi connectivity index (χ1) is 15.5. The van der Waals surface area contributed by atoms with Gasteiger partial charge >= 0.3 is 6.03 Å².